The van der Waals surface area contributed by atoms with E-state index >= 15 is 0 Å². The second-order valence-electron chi connectivity index (χ2n) is 5.57. The van der Waals surface area contributed by atoms with Crippen molar-refractivity contribution in [3.63, 3.8) is 0 Å². The van der Waals surface area contributed by atoms with E-state index in [0.29, 0.717) is 5.69 Å². The number of aromatic nitrogens is 1. The van der Waals surface area contributed by atoms with Gasteiger partial charge in [0.1, 0.15) is 5.69 Å². The Morgan fingerprint density at radius 1 is 1.00 bits per heavy atom. The van der Waals surface area contributed by atoms with E-state index in [1.165, 1.54) is 9.13 Å². The lowest BCUT2D eigenvalue weighted by Crippen LogP contribution is -2.16. The standard InChI is InChI=1S/C20H16ClIN2O/c21-16-10-11-18(22)15(13-16)9-8-14-5-4-12-23-19(14)20(25)24-17-6-2-1-3-7-17/h1-7,10-13H,8-9H2,(H,24,25). The van der Waals surface area contributed by atoms with Crippen molar-refractivity contribution < 1.29 is 4.79 Å². The first kappa shape index (κ1) is 17.9. The summed E-state index contributed by atoms with van der Waals surface area (Å²) in [6, 6.07) is 19.1. The fourth-order valence-corrected chi connectivity index (χ4v) is 3.36. The van der Waals surface area contributed by atoms with Crippen LogP contribution in [0.2, 0.25) is 5.02 Å². The molecule has 0 saturated carbocycles. The van der Waals surface area contributed by atoms with Crippen LogP contribution in [0, 0.1) is 3.57 Å². The summed E-state index contributed by atoms with van der Waals surface area (Å²) in [4.78, 5) is 16.9. The van der Waals surface area contributed by atoms with E-state index in [2.05, 4.69) is 32.9 Å². The van der Waals surface area contributed by atoms with Gasteiger partial charge in [0.2, 0.25) is 0 Å². The third-order valence-corrected chi connectivity index (χ3v) is 5.10. The number of nitrogens with zero attached hydrogens (tertiary/aromatic N) is 1. The van der Waals surface area contributed by atoms with Gasteiger partial charge >= 0.3 is 0 Å². The Kier molecular flexibility index (Phi) is 6.04. The lowest BCUT2D eigenvalue weighted by atomic mass is 10.0. The fraction of sp³-hybridized carbons (Fsp3) is 0.100. The van der Waals surface area contributed by atoms with Crippen LogP contribution in [-0.2, 0) is 12.8 Å². The van der Waals surface area contributed by atoms with Gasteiger partial charge in [0, 0.05) is 20.5 Å². The molecule has 3 nitrogen and oxygen atoms in total. The third-order valence-electron chi connectivity index (χ3n) is 3.81. The number of amides is 1. The molecule has 126 valence electrons. The Morgan fingerprint density at radius 3 is 2.56 bits per heavy atom. The Hall–Kier alpha value is -1.92. The Bertz CT molecular complexity index is 884. The molecule has 1 N–H and O–H groups in total. The summed E-state index contributed by atoms with van der Waals surface area (Å²) in [5.41, 5.74) is 3.31. The van der Waals surface area contributed by atoms with Crippen LogP contribution in [0.3, 0.4) is 0 Å². The van der Waals surface area contributed by atoms with E-state index in [1.54, 1.807) is 6.20 Å². The molecule has 0 aliphatic rings. The molecule has 0 saturated heterocycles. The van der Waals surface area contributed by atoms with Gasteiger partial charge in [0.05, 0.1) is 0 Å². The monoisotopic (exact) mass is 462 g/mol. The van der Waals surface area contributed by atoms with Crippen molar-refractivity contribution >= 4 is 45.8 Å². The van der Waals surface area contributed by atoms with Crippen molar-refractivity contribution in [2.45, 2.75) is 12.8 Å². The van der Waals surface area contributed by atoms with Gasteiger partial charge in [0.15, 0.2) is 0 Å². The zero-order valence-electron chi connectivity index (χ0n) is 13.4. The molecule has 2 aromatic carbocycles. The van der Waals surface area contributed by atoms with Crippen LogP contribution in [0.15, 0.2) is 66.9 Å². The van der Waals surface area contributed by atoms with Crippen molar-refractivity contribution in [1.29, 1.82) is 0 Å². The minimum absolute atomic E-state index is 0.192. The number of para-hydroxylation sites is 1. The quantitative estimate of drug-likeness (QED) is 0.518. The molecule has 0 aliphatic heterocycles. The summed E-state index contributed by atoms with van der Waals surface area (Å²) in [6.45, 7) is 0. The number of hydrogen-bond donors (Lipinski definition) is 1. The van der Waals surface area contributed by atoms with Crippen molar-refractivity contribution in [2.24, 2.45) is 0 Å². The number of pyridine rings is 1. The molecule has 1 amide bonds. The van der Waals surface area contributed by atoms with Crippen molar-refractivity contribution in [3.8, 4) is 0 Å². The highest BCUT2D eigenvalue weighted by atomic mass is 127. The molecule has 0 fully saturated rings. The van der Waals surface area contributed by atoms with Crippen molar-refractivity contribution in [3.05, 3.63) is 92.3 Å². The van der Waals surface area contributed by atoms with Gasteiger partial charge in [-0.1, -0.05) is 35.9 Å². The number of halogens is 2. The van der Waals surface area contributed by atoms with E-state index in [1.807, 2.05) is 60.7 Å². The number of nitrogens with one attached hydrogen (secondary N) is 1. The predicted octanol–water partition coefficient (Wildman–Crippen LogP) is 5.38. The molecular formula is C20H16ClIN2O. The first-order valence-electron chi connectivity index (χ1n) is 7.88. The number of hydrogen-bond acceptors (Lipinski definition) is 2. The zero-order valence-corrected chi connectivity index (χ0v) is 16.3. The predicted molar refractivity (Wildman–Crippen MR) is 110 cm³/mol. The lowest BCUT2D eigenvalue weighted by molar-refractivity contribution is 0.102. The molecule has 25 heavy (non-hydrogen) atoms. The summed E-state index contributed by atoms with van der Waals surface area (Å²) in [5, 5.41) is 3.62. The number of carbonyl (C=O) groups excluding carboxylic acids is 1. The fourth-order valence-electron chi connectivity index (χ4n) is 2.56. The largest absolute Gasteiger partial charge is 0.321 e. The molecule has 5 heteroatoms. The summed E-state index contributed by atoms with van der Waals surface area (Å²) < 4.78 is 1.17. The SMILES string of the molecule is O=C(Nc1ccccc1)c1ncccc1CCc1cc(Cl)ccc1I. The summed E-state index contributed by atoms with van der Waals surface area (Å²) in [6.07, 6.45) is 3.17. The van der Waals surface area contributed by atoms with Crippen molar-refractivity contribution in [1.82, 2.24) is 4.98 Å². The Labute approximate surface area is 165 Å². The third kappa shape index (κ3) is 4.80. The maximum atomic E-state index is 12.6. The van der Waals surface area contributed by atoms with E-state index in [4.69, 9.17) is 11.6 Å². The van der Waals surface area contributed by atoms with E-state index in [-0.39, 0.29) is 5.91 Å². The maximum Gasteiger partial charge on any atom is 0.274 e. The Morgan fingerprint density at radius 2 is 1.76 bits per heavy atom. The molecule has 3 rings (SSSR count). The van der Waals surface area contributed by atoms with Crippen molar-refractivity contribution in [2.75, 3.05) is 5.32 Å². The van der Waals surface area contributed by atoms with Gasteiger partial charge in [-0.15, -0.1) is 0 Å². The number of anilines is 1. The second-order valence-corrected chi connectivity index (χ2v) is 7.17. The molecule has 0 aliphatic carbocycles. The normalized spacial score (nSPS) is 10.5. The number of benzene rings is 2. The molecule has 1 aromatic heterocycles. The van der Waals surface area contributed by atoms with Crippen LogP contribution in [0.5, 0.6) is 0 Å². The highest BCUT2D eigenvalue weighted by Crippen LogP contribution is 2.20. The highest BCUT2D eigenvalue weighted by molar-refractivity contribution is 14.1. The average Bonchev–Trinajstić information content (AvgIpc) is 2.63. The van der Waals surface area contributed by atoms with E-state index < -0.39 is 0 Å². The minimum Gasteiger partial charge on any atom is -0.321 e. The molecule has 1 heterocycles. The van der Waals surface area contributed by atoms with Crippen LogP contribution >= 0.6 is 34.2 Å². The molecule has 0 bridgehead atoms. The maximum absolute atomic E-state index is 12.6. The number of carbonyl (C=O) groups is 1. The van der Waals surface area contributed by atoms with Gasteiger partial charge in [-0.25, -0.2) is 0 Å². The van der Waals surface area contributed by atoms with Gasteiger partial charge in [0.25, 0.3) is 5.91 Å². The minimum atomic E-state index is -0.192. The molecular weight excluding hydrogens is 447 g/mol. The second kappa shape index (κ2) is 8.45. The highest BCUT2D eigenvalue weighted by Gasteiger charge is 2.13. The van der Waals surface area contributed by atoms with Gasteiger partial charge < -0.3 is 5.32 Å². The lowest BCUT2D eigenvalue weighted by Gasteiger charge is -2.10. The molecule has 0 atom stereocenters. The van der Waals surface area contributed by atoms with Crippen LogP contribution < -0.4 is 5.32 Å². The van der Waals surface area contributed by atoms with Gasteiger partial charge in [-0.3, -0.25) is 9.78 Å². The van der Waals surface area contributed by atoms with Gasteiger partial charge in [-0.2, -0.15) is 0 Å². The van der Waals surface area contributed by atoms with E-state index in [9.17, 15) is 4.79 Å². The van der Waals surface area contributed by atoms with E-state index in [0.717, 1.165) is 29.1 Å². The molecule has 0 unspecified atom stereocenters. The number of rotatable bonds is 5. The summed E-state index contributed by atoms with van der Waals surface area (Å²) >= 11 is 8.39. The molecule has 3 aromatic rings. The van der Waals surface area contributed by atoms with Crippen LogP contribution in [0.25, 0.3) is 0 Å². The Balaban J connectivity index is 1.76. The zero-order chi connectivity index (χ0) is 17.6. The average molecular weight is 463 g/mol. The summed E-state index contributed by atoms with van der Waals surface area (Å²) in [7, 11) is 0. The molecule has 0 radical (unpaired) electrons. The van der Waals surface area contributed by atoms with Gasteiger partial charge in [-0.05, 0) is 83.0 Å². The van der Waals surface area contributed by atoms with Crippen LogP contribution in [0.4, 0.5) is 5.69 Å². The number of aryl methyl sites for hydroxylation is 2. The summed E-state index contributed by atoms with van der Waals surface area (Å²) in [5.74, 6) is -0.192. The first-order valence-corrected chi connectivity index (χ1v) is 9.33. The molecule has 0 spiro atoms. The topological polar surface area (TPSA) is 42.0 Å². The first-order chi connectivity index (χ1) is 12.1. The van der Waals surface area contributed by atoms with Crippen LogP contribution in [0.1, 0.15) is 21.6 Å². The smallest absolute Gasteiger partial charge is 0.274 e. The van der Waals surface area contributed by atoms with Crippen LogP contribution in [-0.4, -0.2) is 10.9 Å².